The highest BCUT2D eigenvalue weighted by molar-refractivity contribution is 5.85. The van der Waals surface area contributed by atoms with Crippen LogP contribution in [0.4, 0.5) is 0 Å². The summed E-state index contributed by atoms with van der Waals surface area (Å²) in [5, 5.41) is 6.01. The molecule has 1 aromatic carbocycles. The van der Waals surface area contributed by atoms with Gasteiger partial charge >= 0.3 is 0 Å². The SMILES string of the molecule is CCC1OCCC1C(NC)c1cccc2ccncc12. The Kier molecular flexibility index (Phi) is 3.99. The zero-order valence-electron chi connectivity index (χ0n) is 12.2. The summed E-state index contributed by atoms with van der Waals surface area (Å²) in [4.78, 5) is 4.30. The van der Waals surface area contributed by atoms with Crippen molar-refractivity contribution in [2.45, 2.75) is 31.9 Å². The van der Waals surface area contributed by atoms with Crippen LogP contribution < -0.4 is 5.32 Å². The van der Waals surface area contributed by atoms with Crippen molar-refractivity contribution in [3.63, 3.8) is 0 Å². The molecule has 1 aromatic heterocycles. The molecular formula is C17H22N2O. The second-order valence-corrected chi connectivity index (χ2v) is 5.48. The normalized spacial score (nSPS) is 24.1. The fourth-order valence-electron chi connectivity index (χ4n) is 3.48. The Morgan fingerprint density at radius 1 is 1.40 bits per heavy atom. The summed E-state index contributed by atoms with van der Waals surface area (Å²) >= 11 is 0. The number of ether oxygens (including phenoxy) is 1. The van der Waals surface area contributed by atoms with Gasteiger partial charge in [-0.25, -0.2) is 0 Å². The van der Waals surface area contributed by atoms with E-state index in [1.807, 2.05) is 19.4 Å². The molecule has 1 fully saturated rings. The van der Waals surface area contributed by atoms with Crippen molar-refractivity contribution < 1.29 is 4.74 Å². The fourth-order valence-corrected chi connectivity index (χ4v) is 3.48. The van der Waals surface area contributed by atoms with Crippen LogP contribution in [0.1, 0.15) is 31.4 Å². The van der Waals surface area contributed by atoms with E-state index in [4.69, 9.17) is 4.74 Å². The molecule has 0 saturated carbocycles. The van der Waals surface area contributed by atoms with Gasteiger partial charge < -0.3 is 10.1 Å². The summed E-state index contributed by atoms with van der Waals surface area (Å²) in [6.07, 6.45) is 6.39. The van der Waals surface area contributed by atoms with E-state index in [1.54, 1.807) is 0 Å². The Bertz CT molecular complexity index is 579. The number of rotatable bonds is 4. The monoisotopic (exact) mass is 270 g/mol. The Labute approximate surface area is 120 Å². The number of hydrogen-bond donors (Lipinski definition) is 1. The second-order valence-electron chi connectivity index (χ2n) is 5.48. The molecule has 1 aliphatic rings. The smallest absolute Gasteiger partial charge is 0.0619 e. The molecule has 3 nitrogen and oxygen atoms in total. The Morgan fingerprint density at radius 3 is 3.10 bits per heavy atom. The van der Waals surface area contributed by atoms with Crippen LogP contribution in [0.2, 0.25) is 0 Å². The largest absolute Gasteiger partial charge is 0.378 e. The van der Waals surface area contributed by atoms with Gasteiger partial charge in [-0.3, -0.25) is 4.98 Å². The van der Waals surface area contributed by atoms with Gasteiger partial charge in [-0.05, 0) is 36.9 Å². The molecule has 0 amide bonds. The molecule has 0 radical (unpaired) electrons. The summed E-state index contributed by atoms with van der Waals surface area (Å²) in [7, 11) is 2.05. The molecule has 0 spiro atoms. The van der Waals surface area contributed by atoms with Gasteiger partial charge in [0.2, 0.25) is 0 Å². The van der Waals surface area contributed by atoms with Gasteiger partial charge in [0.1, 0.15) is 0 Å². The van der Waals surface area contributed by atoms with Crippen LogP contribution in [-0.4, -0.2) is 24.7 Å². The molecule has 3 atom stereocenters. The Balaban J connectivity index is 2.03. The van der Waals surface area contributed by atoms with E-state index in [-0.39, 0.29) is 0 Å². The minimum Gasteiger partial charge on any atom is -0.378 e. The van der Waals surface area contributed by atoms with E-state index in [9.17, 15) is 0 Å². The Morgan fingerprint density at radius 2 is 2.30 bits per heavy atom. The molecule has 2 aromatic rings. The van der Waals surface area contributed by atoms with E-state index < -0.39 is 0 Å². The molecule has 2 heterocycles. The maximum absolute atomic E-state index is 5.88. The van der Waals surface area contributed by atoms with Gasteiger partial charge in [0.25, 0.3) is 0 Å². The van der Waals surface area contributed by atoms with E-state index in [0.29, 0.717) is 18.1 Å². The standard InChI is InChI=1S/C17H22N2O/c1-3-16-14(8-10-20-16)17(18-2)13-6-4-5-12-7-9-19-11-15(12)13/h4-7,9,11,14,16-18H,3,8,10H2,1-2H3. The number of nitrogens with one attached hydrogen (secondary N) is 1. The number of aromatic nitrogens is 1. The first-order chi connectivity index (χ1) is 9.85. The lowest BCUT2D eigenvalue weighted by Crippen LogP contribution is -2.30. The summed E-state index contributed by atoms with van der Waals surface area (Å²) in [5.41, 5.74) is 1.34. The van der Waals surface area contributed by atoms with E-state index in [2.05, 4.69) is 41.5 Å². The molecule has 20 heavy (non-hydrogen) atoms. The first-order valence-corrected chi connectivity index (χ1v) is 7.46. The van der Waals surface area contributed by atoms with E-state index >= 15 is 0 Å². The summed E-state index contributed by atoms with van der Waals surface area (Å²) < 4.78 is 5.88. The lowest BCUT2D eigenvalue weighted by atomic mass is 9.85. The number of nitrogens with zero attached hydrogens (tertiary/aromatic N) is 1. The predicted molar refractivity (Wildman–Crippen MR) is 81.7 cm³/mol. The molecule has 0 aliphatic carbocycles. The van der Waals surface area contributed by atoms with Crippen LogP contribution >= 0.6 is 0 Å². The molecule has 0 bridgehead atoms. The zero-order chi connectivity index (χ0) is 13.9. The third kappa shape index (κ3) is 2.32. The van der Waals surface area contributed by atoms with Crippen LogP contribution in [0.5, 0.6) is 0 Å². The lowest BCUT2D eigenvalue weighted by Gasteiger charge is -2.28. The molecule has 1 saturated heterocycles. The average Bonchev–Trinajstić information content (AvgIpc) is 2.97. The van der Waals surface area contributed by atoms with Gasteiger partial charge in [-0.15, -0.1) is 0 Å². The first-order valence-electron chi connectivity index (χ1n) is 7.46. The minimum absolute atomic E-state index is 0.329. The van der Waals surface area contributed by atoms with Gasteiger partial charge in [0.05, 0.1) is 6.10 Å². The maximum Gasteiger partial charge on any atom is 0.0619 e. The van der Waals surface area contributed by atoms with Crippen LogP contribution in [-0.2, 0) is 4.74 Å². The van der Waals surface area contributed by atoms with Crippen molar-refractivity contribution in [1.29, 1.82) is 0 Å². The maximum atomic E-state index is 5.88. The fraction of sp³-hybridized carbons (Fsp3) is 0.471. The van der Waals surface area contributed by atoms with Crippen molar-refractivity contribution in [2.24, 2.45) is 5.92 Å². The summed E-state index contributed by atoms with van der Waals surface area (Å²) in [6.45, 7) is 3.09. The van der Waals surface area contributed by atoms with Crippen LogP contribution in [0.15, 0.2) is 36.7 Å². The molecule has 3 unspecified atom stereocenters. The molecule has 1 aliphatic heterocycles. The number of fused-ring (bicyclic) bond motifs is 1. The quantitative estimate of drug-likeness (QED) is 0.925. The number of pyridine rings is 1. The van der Waals surface area contributed by atoms with Gasteiger partial charge in [-0.2, -0.15) is 0 Å². The number of hydrogen-bond acceptors (Lipinski definition) is 3. The highest BCUT2D eigenvalue weighted by Crippen LogP contribution is 2.37. The highest BCUT2D eigenvalue weighted by atomic mass is 16.5. The van der Waals surface area contributed by atoms with Crippen molar-refractivity contribution in [1.82, 2.24) is 10.3 Å². The predicted octanol–water partition coefficient (Wildman–Crippen LogP) is 3.31. The second kappa shape index (κ2) is 5.90. The topological polar surface area (TPSA) is 34.1 Å². The molecule has 106 valence electrons. The third-order valence-corrected chi connectivity index (χ3v) is 4.45. The molecule has 3 rings (SSSR count). The van der Waals surface area contributed by atoms with Crippen molar-refractivity contribution >= 4 is 10.8 Å². The summed E-state index contributed by atoms with van der Waals surface area (Å²) in [6, 6.07) is 8.91. The van der Waals surface area contributed by atoms with E-state index in [0.717, 1.165) is 19.4 Å². The van der Waals surface area contributed by atoms with Gasteiger partial charge in [0.15, 0.2) is 0 Å². The zero-order valence-corrected chi connectivity index (χ0v) is 12.2. The highest BCUT2D eigenvalue weighted by Gasteiger charge is 2.34. The van der Waals surface area contributed by atoms with Crippen molar-refractivity contribution in [3.05, 3.63) is 42.2 Å². The van der Waals surface area contributed by atoms with Crippen LogP contribution in [0.3, 0.4) is 0 Å². The van der Waals surface area contributed by atoms with Crippen molar-refractivity contribution in [3.8, 4) is 0 Å². The van der Waals surface area contributed by atoms with Crippen LogP contribution in [0.25, 0.3) is 10.8 Å². The third-order valence-electron chi connectivity index (χ3n) is 4.45. The van der Waals surface area contributed by atoms with Crippen molar-refractivity contribution in [2.75, 3.05) is 13.7 Å². The Hall–Kier alpha value is -1.45. The van der Waals surface area contributed by atoms with E-state index in [1.165, 1.54) is 16.3 Å². The van der Waals surface area contributed by atoms with Gasteiger partial charge in [-0.1, -0.05) is 25.1 Å². The average molecular weight is 270 g/mol. The summed E-state index contributed by atoms with van der Waals surface area (Å²) in [5.74, 6) is 0.538. The molecular weight excluding hydrogens is 248 g/mol. The lowest BCUT2D eigenvalue weighted by molar-refractivity contribution is 0.0784. The first kappa shape index (κ1) is 13.5. The molecule has 1 N–H and O–H groups in total. The van der Waals surface area contributed by atoms with Crippen LogP contribution in [0, 0.1) is 5.92 Å². The molecule has 3 heteroatoms. The minimum atomic E-state index is 0.329. The van der Waals surface area contributed by atoms with Gasteiger partial charge in [0, 0.05) is 36.3 Å². The number of benzene rings is 1.